The smallest absolute Gasteiger partial charge is 0.348 e. The third kappa shape index (κ3) is 6.85. The summed E-state index contributed by atoms with van der Waals surface area (Å²) in [5, 5.41) is 58.9. The largest absolute Gasteiger partial charge is 0.493 e. The van der Waals surface area contributed by atoms with Crippen molar-refractivity contribution in [3.8, 4) is 11.5 Å². The number of carbonyl (C=O) groups excluding carboxylic acids is 4. The molecule has 20 heteroatoms. The number of rotatable bonds is 15. The lowest BCUT2D eigenvalue weighted by Gasteiger charge is -2.61. The second-order valence-electron chi connectivity index (χ2n) is 13.1. The number of methoxy groups -OCH3 is 1. The summed E-state index contributed by atoms with van der Waals surface area (Å²) in [7, 11) is 3.33. The first-order chi connectivity index (χ1) is 24.9. The number of carboxylic acid groups (broad SMARTS) is 3. The van der Waals surface area contributed by atoms with Crippen molar-refractivity contribution < 1.29 is 92.6 Å². The standard InChI is InChI=1S/C33H37NO19/c1-13(29(44)51-17(27(40)41)11-20(35)36)49-30(45)18(52-31(46)24(39)23(38)28(42)43)12-21(37)50-16-6-7-33(47)19-10-14-4-5-15(48-3)25-22(14)32(33,26(16)53-25)8-9-34(19)2/h4-6,13,17-19,23-24,26,38-39,47H,7-12H2,1-3H3,(H,35,36)(H,40,41)(H,42,43)/t13-,17+,18-,19-,23+,24+,26-,32-,33+/m0/s1. The molecule has 6 N–H and O–H groups in total. The van der Waals surface area contributed by atoms with Crippen LogP contribution in [0.5, 0.6) is 11.5 Å². The molecule has 0 radical (unpaired) electrons. The monoisotopic (exact) mass is 751 g/mol. The van der Waals surface area contributed by atoms with E-state index in [1.54, 1.807) is 6.07 Å². The summed E-state index contributed by atoms with van der Waals surface area (Å²) in [6.07, 6.45) is -13.1. The van der Waals surface area contributed by atoms with Gasteiger partial charge in [0.2, 0.25) is 12.2 Å². The van der Waals surface area contributed by atoms with Gasteiger partial charge in [0.05, 0.1) is 31.0 Å². The predicted molar refractivity (Wildman–Crippen MR) is 167 cm³/mol. The first-order valence-corrected chi connectivity index (χ1v) is 16.2. The van der Waals surface area contributed by atoms with Crippen molar-refractivity contribution in [3.63, 3.8) is 0 Å². The molecule has 1 spiro atoms. The van der Waals surface area contributed by atoms with Crippen LogP contribution in [-0.4, -0.2) is 146 Å². The zero-order valence-corrected chi connectivity index (χ0v) is 28.5. The molecule has 288 valence electrons. The van der Waals surface area contributed by atoms with E-state index in [0.717, 1.165) is 12.5 Å². The molecule has 4 aliphatic rings. The van der Waals surface area contributed by atoms with Crippen LogP contribution in [0, 0.1) is 0 Å². The zero-order chi connectivity index (χ0) is 39.2. The van der Waals surface area contributed by atoms with Crippen molar-refractivity contribution in [1.29, 1.82) is 0 Å². The number of likely N-dealkylation sites (N-methyl/N-ethyl adjacent to an activating group) is 1. The highest BCUT2D eigenvalue weighted by Crippen LogP contribution is 2.65. The lowest BCUT2D eigenvalue weighted by molar-refractivity contribution is -0.189. The van der Waals surface area contributed by atoms with E-state index in [0.29, 0.717) is 36.4 Å². The number of piperidine rings is 1. The normalized spacial score (nSPS) is 26.5. The van der Waals surface area contributed by atoms with Gasteiger partial charge in [-0.25, -0.2) is 24.0 Å². The Morgan fingerprint density at radius 2 is 1.60 bits per heavy atom. The number of aliphatic hydroxyl groups excluding tert-OH is 2. The maximum atomic E-state index is 13.5. The van der Waals surface area contributed by atoms with Crippen LogP contribution in [-0.2, 0) is 64.3 Å². The molecule has 0 aromatic heterocycles. The maximum absolute atomic E-state index is 13.5. The fourth-order valence-electron chi connectivity index (χ4n) is 7.43. The quantitative estimate of drug-likeness (QED) is 0.0836. The summed E-state index contributed by atoms with van der Waals surface area (Å²) >= 11 is 0. The second-order valence-corrected chi connectivity index (χ2v) is 13.1. The molecule has 1 aromatic carbocycles. The third-order valence-corrected chi connectivity index (χ3v) is 9.98. The van der Waals surface area contributed by atoms with Crippen LogP contribution >= 0.6 is 0 Å². The average molecular weight is 752 g/mol. The summed E-state index contributed by atoms with van der Waals surface area (Å²) in [4.78, 5) is 87.1. The van der Waals surface area contributed by atoms with E-state index in [9.17, 15) is 48.9 Å². The van der Waals surface area contributed by atoms with Gasteiger partial charge in [0.25, 0.3) is 0 Å². The van der Waals surface area contributed by atoms with Gasteiger partial charge < -0.3 is 64.0 Å². The van der Waals surface area contributed by atoms with Gasteiger partial charge >= 0.3 is 41.8 Å². The topological polar surface area (TPSA) is 299 Å². The highest BCUT2D eigenvalue weighted by molar-refractivity contribution is 5.90. The van der Waals surface area contributed by atoms with E-state index in [1.807, 2.05) is 18.0 Å². The van der Waals surface area contributed by atoms with E-state index in [-0.39, 0.29) is 18.2 Å². The number of ether oxygens (including phenoxy) is 6. The molecule has 0 saturated carbocycles. The molecule has 5 rings (SSSR count). The Hall–Kier alpha value is -5.31. The Morgan fingerprint density at radius 1 is 0.925 bits per heavy atom. The fourth-order valence-corrected chi connectivity index (χ4v) is 7.43. The lowest BCUT2D eigenvalue weighted by Crippen LogP contribution is -2.74. The molecule has 1 fully saturated rings. The number of nitrogens with zero attached hydrogens (tertiary/aromatic N) is 1. The van der Waals surface area contributed by atoms with Crippen LogP contribution in [0.4, 0.5) is 0 Å². The minimum atomic E-state index is -2.76. The first kappa shape index (κ1) is 38.9. The molecule has 1 saturated heterocycles. The van der Waals surface area contributed by atoms with Gasteiger partial charge in [-0.2, -0.15) is 0 Å². The van der Waals surface area contributed by atoms with Gasteiger partial charge in [-0.05, 0) is 51.1 Å². The Morgan fingerprint density at radius 3 is 2.23 bits per heavy atom. The number of carbonyl (C=O) groups is 7. The van der Waals surface area contributed by atoms with E-state index < -0.39 is 102 Å². The zero-order valence-electron chi connectivity index (χ0n) is 28.5. The first-order valence-electron chi connectivity index (χ1n) is 16.2. The number of aliphatic carboxylic acids is 3. The summed E-state index contributed by atoms with van der Waals surface area (Å²) in [6, 6.07) is 3.27. The van der Waals surface area contributed by atoms with Crippen LogP contribution in [0.15, 0.2) is 24.0 Å². The molecule has 9 atom stereocenters. The number of esters is 4. The van der Waals surface area contributed by atoms with Crippen molar-refractivity contribution in [2.24, 2.45) is 0 Å². The Bertz CT molecular complexity index is 1760. The van der Waals surface area contributed by atoms with Gasteiger partial charge in [-0.15, -0.1) is 0 Å². The van der Waals surface area contributed by atoms with Gasteiger partial charge in [0, 0.05) is 18.0 Å². The Balaban J connectivity index is 1.38. The maximum Gasteiger partial charge on any atom is 0.348 e. The minimum absolute atomic E-state index is 0.0130. The molecular weight excluding hydrogens is 714 g/mol. The van der Waals surface area contributed by atoms with Gasteiger partial charge in [0.15, 0.2) is 35.9 Å². The number of aliphatic hydroxyl groups is 3. The number of likely N-dealkylation sites (tertiary alicyclic amines) is 1. The lowest BCUT2D eigenvalue weighted by atomic mass is 9.50. The summed E-state index contributed by atoms with van der Waals surface area (Å²) < 4.78 is 31.9. The molecular formula is C33H37NO19. The third-order valence-electron chi connectivity index (χ3n) is 9.98. The highest BCUT2D eigenvalue weighted by Gasteiger charge is 2.72. The van der Waals surface area contributed by atoms with Gasteiger partial charge in [-0.1, -0.05) is 6.07 Å². The molecule has 0 amide bonds. The Kier molecular flexibility index (Phi) is 10.7. The molecule has 0 unspecified atom stereocenters. The van der Waals surface area contributed by atoms with Crippen LogP contribution < -0.4 is 9.47 Å². The van der Waals surface area contributed by atoms with Crippen LogP contribution in [0.3, 0.4) is 0 Å². The molecule has 20 nitrogen and oxygen atoms in total. The second kappa shape index (κ2) is 14.6. The fraction of sp³-hybridized carbons (Fsp3) is 0.545. The van der Waals surface area contributed by atoms with Crippen molar-refractivity contribution >= 4 is 41.8 Å². The van der Waals surface area contributed by atoms with Crippen molar-refractivity contribution in [1.82, 2.24) is 4.90 Å². The van der Waals surface area contributed by atoms with E-state index >= 15 is 0 Å². The minimum Gasteiger partial charge on any atom is -0.493 e. The van der Waals surface area contributed by atoms with Crippen LogP contribution in [0.2, 0.25) is 0 Å². The molecule has 2 aliphatic heterocycles. The van der Waals surface area contributed by atoms with Crippen LogP contribution in [0.1, 0.15) is 43.7 Å². The molecule has 1 aromatic rings. The molecule has 2 heterocycles. The summed E-state index contributed by atoms with van der Waals surface area (Å²) in [6.45, 7) is 1.42. The number of hydrogen-bond acceptors (Lipinski definition) is 17. The summed E-state index contributed by atoms with van der Waals surface area (Å²) in [5.41, 5.74) is -0.855. The van der Waals surface area contributed by atoms with E-state index in [4.69, 9.17) is 39.0 Å². The van der Waals surface area contributed by atoms with E-state index in [1.165, 1.54) is 13.2 Å². The Labute approximate surface area is 299 Å². The molecule has 53 heavy (non-hydrogen) atoms. The van der Waals surface area contributed by atoms with Crippen molar-refractivity contribution in [2.75, 3.05) is 20.7 Å². The predicted octanol–water partition coefficient (Wildman–Crippen LogP) is -1.97. The number of benzene rings is 1. The molecule has 2 aliphatic carbocycles. The highest BCUT2D eigenvalue weighted by atomic mass is 16.6. The van der Waals surface area contributed by atoms with Crippen molar-refractivity contribution in [3.05, 3.63) is 35.1 Å². The summed E-state index contributed by atoms with van der Waals surface area (Å²) in [5.74, 6) is -11.2. The number of hydrogen-bond donors (Lipinski definition) is 6. The SMILES string of the molecule is COc1ccc2c3c1O[C@H]1C(OC(=O)C[C@H](OC(=O)[C@H](O)[C@@H](O)C(=O)O)C(=O)O[C@@H](C)C(=O)O[C@H](CC(=O)O)C(=O)O)=CC[C@@]4(O)[C@H](C2)N(C)CC[C@]314. The van der Waals surface area contributed by atoms with Crippen molar-refractivity contribution in [2.45, 2.75) is 92.7 Å². The van der Waals surface area contributed by atoms with Gasteiger partial charge in [-0.3, -0.25) is 9.59 Å². The van der Waals surface area contributed by atoms with E-state index in [2.05, 4.69) is 4.74 Å². The van der Waals surface area contributed by atoms with Gasteiger partial charge in [0.1, 0.15) is 5.76 Å². The van der Waals surface area contributed by atoms with Crippen LogP contribution in [0.25, 0.3) is 0 Å². The number of carboxylic acids is 3. The average Bonchev–Trinajstić information content (AvgIpc) is 3.45. The molecule has 2 bridgehead atoms.